The van der Waals surface area contributed by atoms with Gasteiger partial charge in [-0.25, -0.2) is 0 Å². The normalized spacial score (nSPS) is 20.0. The van der Waals surface area contributed by atoms with E-state index in [0.717, 1.165) is 30.8 Å². The highest BCUT2D eigenvalue weighted by molar-refractivity contribution is 5.79. The number of nitrogens with one attached hydrogen (secondary N) is 2. The van der Waals surface area contributed by atoms with Crippen molar-refractivity contribution in [2.75, 3.05) is 19.7 Å². The average Bonchev–Trinajstić information content (AvgIpc) is 2.93. The van der Waals surface area contributed by atoms with Crippen molar-refractivity contribution in [1.29, 1.82) is 0 Å². The van der Waals surface area contributed by atoms with Crippen molar-refractivity contribution in [1.82, 2.24) is 10.6 Å². The number of carbonyl (C=O) groups is 1. The van der Waals surface area contributed by atoms with Crippen LogP contribution in [-0.2, 0) is 4.79 Å². The fourth-order valence-electron chi connectivity index (χ4n) is 2.33. The van der Waals surface area contributed by atoms with Crippen LogP contribution in [0.25, 0.3) is 0 Å². The predicted molar refractivity (Wildman–Crippen MR) is 75.1 cm³/mol. The summed E-state index contributed by atoms with van der Waals surface area (Å²) in [5.74, 6) is 1.10. The van der Waals surface area contributed by atoms with Crippen LogP contribution in [0.3, 0.4) is 0 Å². The van der Waals surface area contributed by atoms with Gasteiger partial charge in [-0.05, 0) is 44.5 Å². The minimum atomic E-state index is 0.00788. The molecule has 1 saturated heterocycles. The van der Waals surface area contributed by atoms with Crippen LogP contribution >= 0.6 is 0 Å². The fourth-order valence-corrected chi connectivity index (χ4v) is 2.33. The van der Waals surface area contributed by atoms with Gasteiger partial charge in [0.25, 0.3) is 0 Å². The summed E-state index contributed by atoms with van der Waals surface area (Å²) in [4.78, 5) is 12.1. The van der Waals surface area contributed by atoms with Gasteiger partial charge in [0, 0.05) is 6.54 Å². The molecule has 0 spiro atoms. The second kappa shape index (κ2) is 6.57. The molecular weight excluding hydrogens is 240 g/mol. The third-order valence-electron chi connectivity index (χ3n) is 3.46. The van der Waals surface area contributed by atoms with E-state index in [9.17, 15) is 4.79 Å². The topological polar surface area (TPSA) is 50.4 Å². The molecule has 2 atom stereocenters. The molecule has 1 aliphatic rings. The molecule has 1 heterocycles. The highest BCUT2D eigenvalue weighted by atomic mass is 16.5. The van der Waals surface area contributed by atoms with E-state index in [1.807, 2.05) is 38.1 Å². The lowest BCUT2D eigenvalue weighted by Crippen LogP contribution is -2.33. The summed E-state index contributed by atoms with van der Waals surface area (Å²) < 4.78 is 5.48. The summed E-state index contributed by atoms with van der Waals surface area (Å²) in [6.45, 7) is 6.35. The van der Waals surface area contributed by atoms with Gasteiger partial charge in [0.05, 0.1) is 18.6 Å². The predicted octanol–water partition coefficient (Wildman–Crippen LogP) is 1.87. The Morgan fingerprint density at radius 2 is 2.42 bits per heavy atom. The van der Waals surface area contributed by atoms with Crippen LogP contribution in [0.5, 0.6) is 5.75 Å². The van der Waals surface area contributed by atoms with Crippen LogP contribution < -0.4 is 15.4 Å². The van der Waals surface area contributed by atoms with E-state index in [1.165, 1.54) is 0 Å². The molecule has 2 rings (SSSR count). The second-order valence-electron chi connectivity index (χ2n) is 4.93. The van der Waals surface area contributed by atoms with Gasteiger partial charge < -0.3 is 15.4 Å². The van der Waals surface area contributed by atoms with Crippen molar-refractivity contribution in [3.8, 4) is 5.75 Å². The minimum absolute atomic E-state index is 0.00788. The van der Waals surface area contributed by atoms with Gasteiger partial charge in [0.2, 0.25) is 5.91 Å². The second-order valence-corrected chi connectivity index (χ2v) is 4.93. The zero-order valence-corrected chi connectivity index (χ0v) is 11.6. The SMILES string of the molecule is CCOc1cccc(C(C)NC(=O)C2CCNC2)c1. The van der Waals surface area contributed by atoms with Crippen molar-refractivity contribution in [2.45, 2.75) is 26.3 Å². The first-order chi connectivity index (χ1) is 9.20. The van der Waals surface area contributed by atoms with E-state index >= 15 is 0 Å². The maximum Gasteiger partial charge on any atom is 0.224 e. The third kappa shape index (κ3) is 3.70. The Morgan fingerprint density at radius 3 is 3.11 bits per heavy atom. The molecule has 104 valence electrons. The van der Waals surface area contributed by atoms with Gasteiger partial charge in [0.1, 0.15) is 5.75 Å². The maximum atomic E-state index is 12.1. The molecule has 1 aromatic rings. The van der Waals surface area contributed by atoms with Crippen molar-refractivity contribution < 1.29 is 9.53 Å². The van der Waals surface area contributed by atoms with Gasteiger partial charge in [-0.3, -0.25) is 4.79 Å². The smallest absolute Gasteiger partial charge is 0.224 e. The Labute approximate surface area is 114 Å². The monoisotopic (exact) mass is 262 g/mol. The van der Waals surface area contributed by atoms with Crippen LogP contribution in [0.15, 0.2) is 24.3 Å². The summed E-state index contributed by atoms with van der Waals surface area (Å²) in [5.41, 5.74) is 1.07. The minimum Gasteiger partial charge on any atom is -0.494 e. The molecule has 0 radical (unpaired) electrons. The number of benzene rings is 1. The Bertz CT molecular complexity index is 428. The molecular formula is C15H22N2O2. The van der Waals surface area contributed by atoms with Gasteiger partial charge >= 0.3 is 0 Å². The van der Waals surface area contributed by atoms with Crippen LogP contribution in [0.2, 0.25) is 0 Å². The number of rotatable bonds is 5. The molecule has 4 nitrogen and oxygen atoms in total. The Morgan fingerprint density at radius 1 is 1.58 bits per heavy atom. The molecule has 4 heteroatoms. The summed E-state index contributed by atoms with van der Waals surface area (Å²) >= 11 is 0. The highest BCUT2D eigenvalue weighted by Crippen LogP contribution is 2.20. The van der Waals surface area contributed by atoms with E-state index in [-0.39, 0.29) is 17.9 Å². The number of hydrogen-bond acceptors (Lipinski definition) is 3. The quantitative estimate of drug-likeness (QED) is 0.851. The average molecular weight is 262 g/mol. The molecule has 1 fully saturated rings. The van der Waals surface area contributed by atoms with E-state index in [2.05, 4.69) is 10.6 Å². The molecule has 2 unspecified atom stereocenters. The first kappa shape index (κ1) is 13.9. The molecule has 19 heavy (non-hydrogen) atoms. The Kier molecular flexibility index (Phi) is 4.80. The summed E-state index contributed by atoms with van der Waals surface area (Å²) in [5, 5.41) is 6.28. The largest absolute Gasteiger partial charge is 0.494 e. The number of carbonyl (C=O) groups excluding carboxylic acids is 1. The Balaban J connectivity index is 1.96. The first-order valence-corrected chi connectivity index (χ1v) is 6.94. The summed E-state index contributed by atoms with van der Waals surface area (Å²) in [6.07, 6.45) is 0.928. The van der Waals surface area contributed by atoms with Crippen molar-refractivity contribution in [3.05, 3.63) is 29.8 Å². The fraction of sp³-hybridized carbons (Fsp3) is 0.533. The lowest BCUT2D eigenvalue weighted by molar-refractivity contribution is -0.125. The Hall–Kier alpha value is -1.55. The molecule has 0 aliphatic carbocycles. The molecule has 0 aromatic heterocycles. The zero-order chi connectivity index (χ0) is 13.7. The van der Waals surface area contributed by atoms with Gasteiger partial charge in [0.15, 0.2) is 0 Å². The first-order valence-electron chi connectivity index (χ1n) is 6.94. The van der Waals surface area contributed by atoms with Gasteiger partial charge in [-0.1, -0.05) is 12.1 Å². The van der Waals surface area contributed by atoms with E-state index in [1.54, 1.807) is 0 Å². The number of hydrogen-bond donors (Lipinski definition) is 2. The lowest BCUT2D eigenvalue weighted by atomic mass is 10.0. The van der Waals surface area contributed by atoms with Crippen molar-refractivity contribution >= 4 is 5.91 Å². The van der Waals surface area contributed by atoms with Gasteiger partial charge in [-0.15, -0.1) is 0 Å². The summed E-state index contributed by atoms with van der Waals surface area (Å²) in [6, 6.07) is 7.90. The molecule has 2 N–H and O–H groups in total. The number of ether oxygens (including phenoxy) is 1. The van der Waals surface area contributed by atoms with Crippen LogP contribution in [0.4, 0.5) is 0 Å². The van der Waals surface area contributed by atoms with E-state index < -0.39 is 0 Å². The summed E-state index contributed by atoms with van der Waals surface area (Å²) in [7, 11) is 0. The third-order valence-corrected chi connectivity index (χ3v) is 3.46. The molecule has 1 amide bonds. The standard InChI is InChI=1S/C15H22N2O2/c1-3-19-14-6-4-5-12(9-14)11(2)17-15(18)13-7-8-16-10-13/h4-6,9,11,13,16H,3,7-8,10H2,1-2H3,(H,17,18). The molecule has 0 bridgehead atoms. The maximum absolute atomic E-state index is 12.1. The van der Waals surface area contributed by atoms with Crippen LogP contribution in [0.1, 0.15) is 31.9 Å². The van der Waals surface area contributed by atoms with E-state index in [4.69, 9.17) is 4.74 Å². The van der Waals surface area contributed by atoms with Crippen LogP contribution in [-0.4, -0.2) is 25.6 Å². The highest BCUT2D eigenvalue weighted by Gasteiger charge is 2.23. The molecule has 1 aromatic carbocycles. The van der Waals surface area contributed by atoms with Crippen molar-refractivity contribution in [3.63, 3.8) is 0 Å². The zero-order valence-electron chi connectivity index (χ0n) is 11.6. The van der Waals surface area contributed by atoms with Gasteiger partial charge in [-0.2, -0.15) is 0 Å². The number of amides is 1. The molecule has 0 saturated carbocycles. The molecule has 1 aliphatic heterocycles. The van der Waals surface area contributed by atoms with E-state index in [0.29, 0.717) is 6.61 Å². The lowest BCUT2D eigenvalue weighted by Gasteiger charge is -2.17. The van der Waals surface area contributed by atoms with Crippen LogP contribution in [0, 0.1) is 5.92 Å². The van der Waals surface area contributed by atoms with Crippen molar-refractivity contribution in [2.24, 2.45) is 5.92 Å².